The van der Waals surface area contributed by atoms with E-state index in [1.165, 1.54) is 0 Å². The second kappa shape index (κ2) is 10.2. The molecule has 1 heterocycles. The molecule has 0 saturated carbocycles. The number of nitrogens with one attached hydrogen (secondary N) is 1. The molecule has 1 aromatic rings. The van der Waals surface area contributed by atoms with Gasteiger partial charge < -0.3 is 10.1 Å². The van der Waals surface area contributed by atoms with Crippen LogP contribution in [0.4, 0.5) is 5.69 Å². The Kier molecular flexibility index (Phi) is 7.99. The van der Waals surface area contributed by atoms with Crippen molar-refractivity contribution in [1.82, 2.24) is 10.2 Å². The summed E-state index contributed by atoms with van der Waals surface area (Å²) in [6.07, 6.45) is 0.234. The second-order valence-electron chi connectivity index (χ2n) is 7.38. The number of hydrogen-bond donors (Lipinski definition) is 1. The lowest BCUT2D eigenvalue weighted by molar-refractivity contribution is -0.135. The van der Waals surface area contributed by atoms with E-state index in [0.29, 0.717) is 18.6 Å². The van der Waals surface area contributed by atoms with Crippen molar-refractivity contribution in [2.45, 2.75) is 59.2 Å². The van der Waals surface area contributed by atoms with Crippen LogP contribution in [0.2, 0.25) is 0 Å². The molecule has 28 heavy (non-hydrogen) atoms. The third-order valence-electron chi connectivity index (χ3n) is 4.74. The number of benzene rings is 1. The Morgan fingerprint density at radius 3 is 2.43 bits per heavy atom. The average Bonchev–Trinajstić information content (AvgIpc) is 3.11. The maximum atomic E-state index is 12.9. The maximum absolute atomic E-state index is 12.9. The lowest BCUT2D eigenvalue weighted by atomic mass is 10.1. The first-order valence-corrected chi connectivity index (χ1v) is 9.97. The van der Waals surface area contributed by atoms with E-state index in [0.717, 1.165) is 12.2 Å². The molecule has 0 bridgehead atoms. The van der Waals surface area contributed by atoms with Crippen LogP contribution in [0.5, 0.6) is 0 Å². The van der Waals surface area contributed by atoms with Crippen LogP contribution in [0, 0.1) is 0 Å². The topological polar surface area (TPSA) is 74.2 Å². The van der Waals surface area contributed by atoms with E-state index >= 15 is 0 Å². The van der Waals surface area contributed by atoms with Gasteiger partial charge in [0.15, 0.2) is 0 Å². The summed E-state index contributed by atoms with van der Waals surface area (Å²) >= 11 is 0. The molecule has 0 fully saturated rings. The zero-order valence-electron chi connectivity index (χ0n) is 17.5. The summed E-state index contributed by atoms with van der Waals surface area (Å²) in [6, 6.07) is 9.65. The Bertz CT molecular complexity index is 680. The predicted octanol–water partition coefficient (Wildman–Crippen LogP) is 2.42. The van der Waals surface area contributed by atoms with Crippen molar-refractivity contribution in [2.24, 2.45) is 5.10 Å². The van der Waals surface area contributed by atoms with Crippen molar-refractivity contribution in [3.05, 3.63) is 30.3 Å². The molecule has 1 aliphatic heterocycles. The van der Waals surface area contributed by atoms with Gasteiger partial charge in [-0.25, -0.2) is 4.79 Å². The summed E-state index contributed by atoms with van der Waals surface area (Å²) in [4.78, 5) is 27.3. The van der Waals surface area contributed by atoms with E-state index in [1.54, 1.807) is 11.9 Å². The summed E-state index contributed by atoms with van der Waals surface area (Å²) in [5, 5.41) is 9.01. The summed E-state index contributed by atoms with van der Waals surface area (Å²) in [5.74, 6) is -0.608. The molecule has 1 aliphatic rings. The summed E-state index contributed by atoms with van der Waals surface area (Å²) in [7, 11) is 0. The van der Waals surface area contributed by atoms with Crippen molar-refractivity contribution in [1.29, 1.82) is 0 Å². The molecule has 1 N–H and O–H groups in total. The molecule has 0 radical (unpaired) electrons. The van der Waals surface area contributed by atoms with Crippen LogP contribution in [-0.4, -0.2) is 60.3 Å². The molecule has 2 rings (SSSR count). The predicted molar refractivity (Wildman–Crippen MR) is 111 cm³/mol. The van der Waals surface area contributed by atoms with Crippen LogP contribution in [0.3, 0.4) is 0 Å². The van der Waals surface area contributed by atoms with Gasteiger partial charge in [0, 0.05) is 31.6 Å². The Hall–Kier alpha value is -2.41. The Labute approximate surface area is 167 Å². The SMILES string of the molecule is CCOC(=O)C1=NN(c2ccccc2)C(C(=O)NCCN(C(C)C)C(C)C)C1. The minimum Gasteiger partial charge on any atom is -0.461 e. The van der Waals surface area contributed by atoms with Gasteiger partial charge in [-0.3, -0.25) is 14.7 Å². The van der Waals surface area contributed by atoms with Crippen LogP contribution in [-0.2, 0) is 14.3 Å². The van der Waals surface area contributed by atoms with Gasteiger partial charge in [-0.05, 0) is 46.8 Å². The molecule has 0 saturated heterocycles. The first-order chi connectivity index (χ1) is 13.3. The molecule has 1 amide bonds. The van der Waals surface area contributed by atoms with E-state index in [1.807, 2.05) is 30.3 Å². The van der Waals surface area contributed by atoms with Gasteiger partial charge in [0.05, 0.1) is 12.3 Å². The minimum absolute atomic E-state index is 0.139. The summed E-state index contributed by atoms with van der Waals surface area (Å²) in [5.41, 5.74) is 1.05. The first kappa shape index (κ1) is 21.9. The molecule has 0 aromatic heterocycles. The first-order valence-electron chi connectivity index (χ1n) is 9.97. The number of amides is 1. The molecule has 154 valence electrons. The number of hydrogen-bond acceptors (Lipinski definition) is 6. The van der Waals surface area contributed by atoms with E-state index < -0.39 is 12.0 Å². The molecule has 7 heteroatoms. The second-order valence-corrected chi connectivity index (χ2v) is 7.38. The van der Waals surface area contributed by atoms with Crippen LogP contribution >= 0.6 is 0 Å². The zero-order chi connectivity index (χ0) is 20.7. The van der Waals surface area contributed by atoms with Gasteiger partial charge in [-0.2, -0.15) is 5.10 Å². The van der Waals surface area contributed by atoms with Crippen molar-refractivity contribution in [3.63, 3.8) is 0 Å². The van der Waals surface area contributed by atoms with E-state index in [2.05, 4.69) is 43.0 Å². The molecule has 1 atom stereocenters. The third kappa shape index (κ3) is 5.55. The van der Waals surface area contributed by atoms with Gasteiger partial charge in [-0.15, -0.1) is 0 Å². The van der Waals surface area contributed by atoms with Gasteiger partial charge in [0.1, 0.15) is 11.8 Å². The van der Waals surface area contributed by atoms with Crippen LogP contribution in [0.25, 0.3) is 0 Å². The summed E-state index contributed by atoms with van der Waals surface area (Å²) in [6.45, 7) is 11.9. The molecular formula is C21H32N4O3. The van der Waals surface area contributed by atoms with Crippen molar-refractivity contribution >= 4 is 23.3 Å². The highest BCUT2D eigenvalue weighted by Gasteiger charge is 2.36. The van der Waals surface area contributed by atoms with Crippen LogP contribution in [0.15, 0.2) is 35.4 Å². The zero-order valence-corrected chi connectivity index (χ0v) is 17.5. The van der Waals surface area contributed by atoms with Crippen molar-refractivity contribution < 1.29 is 14.3 Å². The standard InChI is InChI=1S/C21H32N4O3/c1-6-28-21(27)18-14-19(25(23-18)17-10-8-7-9-11-17)20(26)22-12-13-24(15(2)3)16(4)5/h7-11,15-16,19H,6,12-14H2,1-5H3,(H,22,26). The van der Waals surface area contributed by atoms with Crippen LogP contribution < -0.4 is 10.3 Å². The smallest absolute Gasteiger partial charge is 0.354 e. The number of carbonyl (C=O) groups is 2. The van der Waals surface area contributed by atoms with Gasteiger partial charge >= 0.3 is 5.97 Å². The molecule has 0 aliphatic carbocycles. The number of anilines is 1. The quantitative estimate of drug-likeness (QED) is 0.658. The monoisotopic (exact) mass is 388 g/mol. The Balaban J connectivity index is 2.07. The number of rotatable bonds is 9. The number of carbonyl (C=O) groups excluding carboxylic acids is 2. The average molecular weight is 389 g/mol. The molecule has 0 spiro atoms. The molecule has 1 unspecified atom stereocenters. The van der Waals surface area contributed by atoms with E-state index in [4.69, 9.17) is 4.74 Å². The van der Waals surface area contributed by atoms with E-state index in [-0.39, 0.29) is 24.6 Å². The van der Waals surface area contributed by atoms with Gasteiger partial charge in [-0.1, -0.05) is 18.2 Å². The lowest BCUT2D eigenvalue weighted by Crippen LogP contribution is -2.47. The van der Waals surface area contributed by atoms with Crippen LogP contribution in [0.1, 0.15) is 41.0 Å². The normalized spacial score (nSPS) is 16.6. The molecular weight excluding hydrogens is 356 g/mol. The fraction of sp³-hybridized carbons (Fsp3) is 0.571. The van der Waals surface area contributed by atoms with Crippen molar-refractivity contribution in [3.8, 4) is 0 Å². The van der Waals surface area contributed by atoms with Gasteiger partial charge in [0.25, 0.3) is 0 Å². The largest absolute Gasteiger partial charge is 0.461 e. The lowest BCUT2D eigenvalue weighted by Gasteiger charge is -2.31. The number of hydrazone groups is 1. The Morgan fingerprint density at radius 1 is 1.21 bits per heavy atom. The highest BCUT2D eigenvalue weighted by Crippen LogP contribution is 2.25. The third-order valence-corrected chi connectivity index (χ3v) is 4.74. The fourth-order valence-corrected chi connectivity index (χ4v) is 3.41. The minimum atomic E-state index is -0.562. The summed E-state index contributed by atoms with van der Waals surface area (Å²) < 4.78 is 5.07. The maximum Gasteiger partial charge on any atom is 0.354 e. The number of ether oxygens (including phenoxy) is 1. The molecule has 1 aromatic carbocycles. The number of esters is 1. The fourth-order valence-electron chi connectivity index (χ4n) is 3.41. The number of nitrogens with zero attached hydrogens (tertiary/aromatic N) is 3. The molecule has 7 nitrogen and oxygen atoms in total. The van der Waals surface area contributed by atoms with Crippen molar-refractivity contribution in [2.75, 3.05) is 24.7 Å². The van der Waals surface area contributed by atoms with Gasteiger partial charge in [0.2, 0.25) is 5.91 Å². The highest BCUT2D eigenvalue weighted by molar-refractivity contribution is 6.38. The number of para-hydroxylation sites is 1. The van der Waals surface area contributed by atoms with E-state index in [9.17, 15) is 9.59 Å². The Morgan fingerprint density at radius 2 is 1.86 bits per heavy atom. The highest BCUT2D eigenvalue weighted by atomic mass is 16.5.